The lowest BCUT2D eigenvalue weighted by Crippen LogP contribution is -2.27. The molecule has 0 fully saturated rings. The number of benzene rings is 2. The molecule has 1 N–H and O–H groups in total. The first-order valence-electron chi connectivity index (χ1n) is 8.99. The van der Waals surface area contributed by atoms with E-state index in [4.69, 9.17) is 4.74 Å². The number of hydrogen-bond donors (Lipinski definition) is 1. The average Bonchev–Trinajstić information content (AvgIpc) is 2.74. The van der Waals surface area contributed by atoms with Crippen molar-refractivity contribution in [3.05, 3.63) is 88.5 Å². The van der Waals surface area contributed by atoms with Crippen LogP contribution in [-0.4, -0.2) is 27.8 Å². The molecule has 0 saturated heterocycles. The van der Waals surface area contributed by atoms with Gasteiger partial charge >= 0.3 is 0 Å². The second-order valence-corrected chi connectivity index (χ2v) is 6.40. The molecule has 1 amide bonds. The molecule has 0 spiro atoms. The van der Waals surface area contributed by atoms with Crippen molar-refractivity contribution in [2.75, 3.05) is 12.4 Å². The molecule has 0 aliphatic rings. The van der Waals surface area contributed by atoms with E-state index >= 15 is 0 Å². The van der Waals surface area contributed by atoms with Gasteiger partial charge in [0.15, 0.2) is 5.69 Å². The monoisotopic (exact) mass is 386 g/mol. The fraction of sp³-hybridized carbons (Fsp3) is 0.0909. The van der Waals surface area contributed by atoms with Gasteiger partial charge in [-0.15, -0.1) is 0 Å². The summed E-state index contributed by atoms with van der Waals surface area (Å²) in [6.45, 7) is 1.84. The van der Waals surface area contributed by atoms with E-state index < -0.39 is 5.91 Å². The first-order chi connectivity index (χ1) is 14.1. The number of amides is 1. The van der Waals surface area contributed by atoms with E-state index in [9.17, 15) is 9.59 Å². The summed E-state index contributed by atoms with van der Waals surface area (Å²) in [6.07, 6.45) is 0. The summed E-state index contributed by atoms with van der Waals surface area (Å²) >= 11 is 0. The molecule has 0 bridgehead atoms. The molecule has 2 aromatic heterocycles. The van der Waals surface area contributed by atoms with Gasteiger partial charge in [0, 0.05) is 11.1 Å². The van der Waals surface area contributed by atoms with E-state index in [2.05, 4.69) is 15.4 Å². The molecule has 0 unspecified atom stereocenters. The number of anilines is 1. The Hall–Kier alpha value is -4.00. The molecular weight excluding hydrogens is 368 g/mol. The summed E-state index contributed by atoms with van der Waals surface area (Å²) in [4.78, 5) is 30.4. The summed E-state index contributed by atoms with van der Waals surface area (Å²) in [5.41, 5.74) is 1.01. The molecule has 0 aliphatic heterocycles. The van der Waals surface area contributed by atoms with Crippen molar-refractivity contribution >= 4 is 22.5 Å². The number of carbonyl (C=O) groups is 1. The van der Waals surface area contributed by atoms with Crippen molar-refractivity contribution in [2.24, 2.45) is 0 Å². The molecule has 0 radical (unpaired) electrons. The Morgan fingerprint density at radius 2 is 1.69 bits per heavy atom. The maximum atomic E-state index is 13.1. The summed E-state index contributed by atoms with van der Waals surface area (Å²) in [5, 5.41) is 7.99. The van der Waals surface area contributed by atoms with Crippen molar-refractivity contribution in [2.45, 2.75) is 6.92 Å². The van der Waals surface area contributed by atoms with Crippen LogP contribution in [-0.2, 0) is 0 Å². The van der Waals surface area contributed by atoms with Gasteiger partial charge in [-0.3, -0.25) is 9.59 Å². The zero-order valence-corrected chi connectivity index (χ0v) is 15.9. The molecule has 2 heterocycles. The second kappa shape index (κ2) is 7.55. The molecule has 144 valence electrons. The SMILES string of the molecule is COc1ccccc1-n1nc(C(=O)Nc2cccc(C)n2)c2ccccc2c1=O. The maximum Gasteiger partial charge on any atom is 0.279 e. The van der Waals surface area contributed by atoms with E-state index in [1.807, 2.05) is 13.0 Å². The Balaban J connectivity index is 1.91. The van der Waals surface area contributed by atoms with Crippen molar-refractivity contribution in [1.29, 1.82) is 0 Å². The fourth-order valence-electron chi connectivity index (χ4n) is 3.11. The summed E-state index contributed by atoms with van der Waals surface area (Å²) in [6, 6.07) is 19.2. The molecule has 4 rings (SSSR count). The van der Waals surface area contributed by atoms with E-state index in [1.165, 1.54) is 11.8 Å². The molecule has 29 heavy (non-hydrogen) atoms. The highest BCUT2D eigenvalue weighted by Crippen LogP contribution is 2.22. The summed E-state index contributed by atoms with van der Waals surface area (Å²) in [5.74, 6) is 0.433. The third kappa shape index (κ3) is 3.45. The normalized spacial score (nSPS) is 10.7. The number of hydrogen-bond acceptors (Lipinski definition) is 5. The zero-order valence-electron chi connectivity index (χ0n) is 15.9. The molecule has 7 nitrogen and oxygen atoms in total. The predicted octanol–water partition coefficient (Wildman–Crippen LogP) is 3.35. The smallest absolute Gasteiger partial charge is 0.279 e. The van der Waals surface area contributed by atoms with Gasteiger partial charge in [0.2, 0.25) is 0 Å². The van der Waals surface area contributed by atoms with E-state index in [-0.39, 0.29) is 11.3 Å². The number of methoxy groups -OCH3 is 1. The number of nitrogens with zero attached hydrogens (tertiary/aromatic N) is 3. The number of rotatable bonds is 4. The van der Waals surface area contributed by atoms with Gasteiger partial charge < -0.3 is 10.1 Å². The number of pyridine rings is 1. The number of aromatic nitrogens is 3. The minimum atomic E-state index is -0.456. The second-order valence-electron chi connectivity index (χ2n) is 6.40. The molecule has 0 saturated carbocycles. The minimum Gasteiger partial charge on any atom is -0.494 e. The van der Waals surface area contributed by atoms with Gasteiger partial charge in [0.05, 0.1) is 12.5 Å². The highest BCUT2D eigenvalue weighted by atomic mass is 16.5. The van der Waals surface area contributed by atoms with Crippen LogP contribution in [0.15, 0.2) is 71.5 Å². The van der Waals surface area contributed by atoms with Crippen LogP contribution < -0.4 is 15.6 Å². The van der Waals surface area contributed by atoms with Gasteiger partial charge in [-0.05, 0) is 37.3 Å². The maximum absolute atomic E-state index is 13.1. The molecule has 4 aromatic rings. The number of nitrogens with one attached hydrogen (secondary N) is 1. The number of para-hydroxylation sites is 2. The Labute approximate surface area is 166 Å². The summed E-state index contributed by atoms with van der Waals surface area (Å²) in [7, 11) is 1.52. The average molecular weight is 386 g/mol. The van der Waals surface area contributed by atoms with Crippen LogP contribution in [0.5, 0.6) is 5.75 Å². The Kier molecular flexibility index (Phi) is 4.78. The lowest BCUT2D eigenvalue weighted by atomic mass is 10.1. The predicted molar refractivity (Wildman–Crippen MR) is 111 cm³/mol. The van der Waals surface area contributed by atoms with E-state index in [1.54, 1.807) is 60.7 Å². The molecular formula is C22H18N4O3. The lowest BCUT2D eigenvalue weighted by molar-refractivity contribution is 0.102. The van der Waals surface area contributed by atoms with E-state index in [0.717, 1.165) is 5.69 Å². The molecule has 0 aliphatic carbocycles. The number of fused-ring (bicyclic) bond motifs is 1. The van der Waals surface area contributed by atoms with Crippen LogP contribution in [0.4, 0.5) is 5.82 Å². The number of aryl methyl sites for hydroxylation is 1. The zero-order chi connectivity index (χ0) is 20.4. The minimum absolute atomic E-state index is 0.120. The molecule has 0 atom stereocenters. The van der Waals surface area contributed by atoms with Crippen molar-refractivity contribution in [1.82, 2.24) is 14.8 Å². The van der Waals surface area contributed by atoms with Gasteiger partial charge in [-0.25, -0.2) is 4.98 Å². The largest absolute Gasteiger partial charge is 0.494 e. The summed E-state index contributed by atoms with van der Waals surface area (Å²) < 4.78 is 6.56. The lowest BCUT2D eigenvalue weighted by Gasteiger charge is -2.13. The Bertz CT molecular complexity index is 1280. The van der Waals surface area contributed by atoms with Crippen LogP contribution in [0.1, 0.15) is 16.2 Å². The van der Waals surface area contributed by atoms with Crippen molar-refractivity contribution < 1.29 is 9.53 Å². The van der Waals surface area contributed by atoms with Gasteiger partial charge in [0.1, 0.15) is 17.3 Å². The molecule has 2 aromatic carbocycles. The Morgan fingerprint density at radius 3 is 2.45 bits per heavy atom. The first-order valence-corrected chi connectivity index (χ1v) is 8.99. The van der Waals surface area contributed by atoms with Crippen molar-refractivity contribution in [3.63, 3.8) is 0 Å². The highest BCUT2D eigenvalue weighted by molar-refractivity contribution is 6.10. The molecule has 7 heteroatoms. The third-order valence-corrected chi connectivity index (χ3v) is 4.46. The number of ether oxygens (including phenoxy) is 1. The first kappa shape index (κ1) is 18.4. The van der Waals surface area contributed by atoms with Crippen LogP contribution in [0, 0.1) is 6.92 Å². The van der Waals surface area contributed by atoms with Crippen LogP contribution >= 0.6 is 0 Å². The topological polar surface area (TPSA) is 86.1 Å². The van der Waals surface area contributed by atoms with Gasteiger partial charge in [0.25, 0.3) is 11.5 Å². The van der Waals surface area contributed by atoms with Crippen molar-refractivity contribution in [3.8, 4) is 11.4 Å². The fourth-order valence-corrected chi connectivity index (χ4v) is 3.11. The van der Waals surface area contributed by atoms with Crippen LogP contribution in [0.2, 0.25) is 0 Å². The van der Waals surface area contributed by atoms with Crippen LogP contribution in [0.3, 0.4) is 0 Å². The quantitative estimate of drug-likeness (QED) is 0.581. The standard InChI is InChI=1S/C22H18N4O3/c1-14-8-7-13-19(23-14)24-21(27)20-15-9-3-4-10-16(15)22(28)26(25-20)17-11-5-6-12-18(17)29-2/h3-13H,1-2H3,(H,23,24,27). The van der Waals surface area contributed by atoms with Gasteiger partial charge in [-0.1, -0.05) is 36.4 Å². The Morgan fingerprint density at radius 1 is 0.966 bits per heavy atom. The van der Waals surface area contributed by atoms with Crippen LogP contribution in [0.25, 0.3) is 16.5 Å². The third-order valence-electron chi connectivity index (χ3n) is 4.46. The van der Waals surface area contributed by atoms with E-state index in [0.29, 0.717) is 28.0 Å². The van der Waals surface area contributed by atoms with Gasteiger partial charge in [-0.2, -0.15) is 9.78 Å². The highest BCUT2D eigenvalue weighted by Gasteiger charge is 2.19. The number of carbonyl (C=O) groups excluding carboxylic acids is 1.